The second kappa shape index (κ2) is 7.72. The van der Waals surface area contributed by atoms with Gasteiger partial charge in [-0.2, -0.15) is 0 Å². The molecule has 0 radical (unpaired) electrons. The van der Waals surface area contributed by atoms with E-state index in [0.717, 1.165) is 27.5 Å². The highest BCUT2D eigenvalue weighted by molar-refractivity contribution is 6.06. The minimum absolute atomic E-state index is 0.196. The SMILES string of the molecule is O=C(Nc1nc2c(NCc3ccccc3)cccc2[nH]1)c1ccc2ccccc2c1. The Morgan fingerprint density at radius 3 is 2.50 bits per heavy atom. The first kappa shape index (κ1) is 17.9. The second-order valence-corrected chi connectivity index (χ2v) is 7.14. The normalized spacial score (nSPS) is 10.9. The lowest BCUT2D eigenvalue weighted by Crippen LogP contribution is -2.12. The van der Waals surface area contributed by atoms with Gasteiger partial charge in [0.05, 0.1) is 11.2 Å². The zero-order valence-corrected chi connectivity index (χ0v) is 16.2. The maximum absolute atomic E-state index is 12.7. The van der Waals surface area contributed by atoms with Crippen molar-refractivity contribution >= 4 is 39.3 Å². The monoisotopic (exact) mass is 392 g/mol. The minimum atomic E-state index is -0.196. The Hall–Kier alpha value is -4.12. The number of benzene rings is 4. The number of anilines is 2. The van der Waals surface area contributed by atoms with Gasteiger partial charge in [-0.15, -0.1) is 0 Å². The molecule has 5 nitrogen and oxygen atoms in total. The number of carbonyl (C=O) groups excluding carboxylic acids is 1. The summed E-state index contributed by atoms with van der Waals surface area (Å²) in [6, 6.07) is 29.7. The molecule has 30 heavy (non-hydrogen) atoms. The summed E-state index contributed by atoms with van der Waals surface area (Å²) in [5.41, 5.74) is 4.36. The van der Waals surface area contributed by atoms with Crippen molar-refractivity contribution in [2.24, 2.45) is 0 Å². The van der Waals surface area contributed by atoms with Crippen LogP contribution in [0.3, 0.4) is 0 Å². The second-order valence-electron chi connectivity index (χ2n) is 7.14. The number of imidazole rings is 1. The van der Waals surface area contributed by atoms with Gasteiger partial charge in [0.25, 0.3) is 5.91 Å². The number of H-pyrrole nitrogens is 1. The maximum Gasteiger partial charge on any atom is 0.257 e. The number of para-hydroxylation sites is 1. The number of nitrogens with zero attached hydrogens (tertiary/aromatic N) is 1. The number of nitrogens with one attached hydrogen (secondary N) is 3. The third-order valence-electron chi connectivity index (χ3n) is 5.08. The van der Waals surface area contributed by atoms with E-state index >= 15 is 0 Å². The molecule has 1 amide bonds. The Morgan fingerprint density at radius 2 is 1.63 bits per heavy atom. The maximum atomic E-state index is 12.7. The van der Waals surface area contributed by atoms with Crippen LogP contribution in [0.2, 0.25) is 0 Å². The summed E-state index contributed by atoms with van der Waals surface area (Å²) in [5, 5.41) is 8.44. The lowest BCUT2D eigenvalue weighted by atomic mass is 10.1. The summed E-state index contributed by atoms with van der Waals surface area (Å²) >= 11 is 0. The van der Waals surface area contributed by atoms with E-state index in [9.17, 15) is 4.79 Å². The Bertz CT molecular complexity index is 1340. The first-order valence-electron chi connectivity index (χ1n) is 9.83. The molecule has 5 rings (SSSR count). The summed E-state index contributed by atoms with van der Waals surface area (Å²) in [5.74, 6) is 0.232. The molecule has 1 heterocycles. The quantitative estimate of drug-likeness (QED) is 0.366. The highest BCUT2D eigenvalue weighted by Crippen LogP contribution is 2.24. The van der Waals surface area contributed by atoms with Crippen molar-refractivity contribution in [2.45, 2.75) is 6.54 Å². The smallest absolute Gasteiger partial charge is 0.257 e. The fourth-order valence-corrected chi connectivity index (χ4v) is 3.54. The largest absolute Gasteiger partial charge is 0.379 e. The number of aromatic nitrogens is 2. The summed E-state index contributed by atoms with van der Waals surface area (Å²) in [7, 11) is 0. The molecular weight excluding hydrogens is 372 g/mol. The van der Waals surface area contributed by atoms with Gasteiger partial charge in [-0.1, -0.05) is 66.7 Å². The molecular formula is C25H20N4O. The van der Waals surface area contributed by atoms with Gasteiger partial charge in [-0.3, -0.25) is 10.1 Å². The summed E-state index contributed by atoms with van der Waals surface area (Å²) < 4.78 is 0. The molecule has 0 saturated heterocycles. The van der Waals surface area contributed by atoms with Crippen molar-refractivity contribution in [1.29, 1.82) is 0 Å². The fourth-order valence-electron chi connectivity index (χ4n) is 3.54. The summed E-state index contributed by atoms with van der Waals surface area (Å²) in [6.07, 6.45) is 0. The summed E-state index contributed by atoms with van der Waals surface area (Å²) in [4.78, 5) is 20.5. The molecule has 0 unspecified atom stereocenters. The standard InChI is InChI=1S/C25H20N4O/c30-24(20-14-13-18-9-4-5-10-19(18)15-20)29-25-27-22-12-6-11-21(23(22)28-25)26-16-17-7-2-1-3-8-17/h1-15,26H,16H2,(H2,27,28,29,30). The van der Waals surface area contributed by atoms with Crippen molar-refractivity contribution in [1.82, 2.24) is 9.97 Å². The summed E-state index contributed by atoms with van der Waals surface area (Å²) in [6.45, 7) is 0.700. The van der Waals surface area contributed by atoms with E-state index in [1.54, 1.807) is 0 Å². The minimum Gasteiger partial charge on any atom is -0.379 e. The number of aromatic amines is 1. The van der Waals surface area contributed by atoms with Gasteiger partial charge in [0.2, 0.25) is 5.95 Å². The predicted molar refractivity (Wildman–Crippen MR) is 122 cm³/mol. The van der Waals surface area contributed by atoms with Crippen molar-refractivity contribution in [3.8, 4) is 0 Å². The van der Waals surface area contributed by atoms with Gasteiger partial charge in [0.1, 0.15) is 5.52 Å². The molecule has 0 atom stereocenters. The van der Waals surface area contributed by atoms with Crippen LogP contribution in [0.15, 0.2) is 91.0 Å². The molecule has 0 aliphatic rings. The molecule has 0 spiro atoms. The molecule has 1 aromatic heterocycles. The van der Waals surface area contributed by atoms with Crippen molar-refractivity contribution in [2.75, 3.05) is 10.6 Å². The van der Waals surface area contributed by atoms with Crippen LogP contribution in [0.1, 0.15) is 15.9 Å². The number of hydrogen-bond donors (Lipinski definition) is 3. The number of amides is 1. The van der Waals surface area contributed by atoms with Crippen LogP contribution < -0.4 is 10.6 Å². The Balaban J connectivity index is 1.37. The van der Waals surface area contributed by atoms with Gasteiger partial charge in [-0.05, 0) is 40.6 Å². The van der Waals surface area contributed by atoms with E-state index in [1.165, 1.54) is 5.56 Å². The highest BCUT2D eigenvalue weighted by Gasteiger charge is 2.12. The molecule has 0 aliphatic carbocycles. The third-order valence-corrected chi connectivity index (χ3v) is 5.08. The number of fused-ring (bicyclic) bond motifs is 2. The van der Waals surface area contributed by atoms with Gasteiger partial charge in [0.15, 0.2) is 0 Å². The van der Waals surface area contributed by atoms with Gasteiger partial charge in [0, 0.05) is 12.1 Å². The average molecular weight is 392 g/mol. The molecule has 4 aromatic carbocycles. The molecule has 0 fully saturated rings. The van der Waals surface area contributed by atoms with E-state index in [2.05, 4.69) is 32.7 Å². The van der Waals surface area contributed by atoms with E-state index < -0.39 is 0 Å². The van der Waals surface area contributed by atoms with Gasteiger partial charge >= 0.3 is 0 Å². The first-order valence-corrected chi connectivity index (χ1v) is 9.83. The van der Waals surface area contributed by atoms with Gasteiger partial charge < -0.3 is 10.3 Å². The molecule has 5 heteroatoms. The van der Waals surface area contributed by atoms with E-state index in [1.807, 2.05) is 78.9 Å². The Labute approximate surface area is 173 Å². The van der Waals surface area contributed by atoms with Crippen LogP contribution in [0, 0.1) is 0 Å². The predicted octanol–water partition coefficient (Wildman–Crippen LogP) is 5.58. The highest BCUT2D eigenvalue weighted by atomic mass is 16.1. The third kappa shape index (κ3) is 3.61. The number of hydrogen-bond acceptors (Lipinski definition) is 3. The molecule has 146 valence electrons. The number of carbonyl (C=O) groups is 1. The number of rotatable bonds is 5. The lowest BCUT2D eigenvalue weighted by Gasteiger charge is -2.06. The zero-order valence-electron chi connectivity index (χ0n) is 16.2. The molecule has 5 aromatic rings. The molecule has 3 N–H and O–H groups in total. The topological polar surface area (TPSA) is 69.8 Å². The first-order chi connectivity index (χ1) is 14.8. The van der Waals surface area contributed by atoms with Crippen LogP contribution in [0.4, 0.5) is 11.6 Å². The average Bonchev–Trinajstić information content (AvgIpc) is 3.21. The van der Waals surface area contributed by atoms with E-state index in [4.69, 9.17) is 0 Å². The van der Waals surface area contributed by atoms with E-state index in [-0.39, 0.29) is 5.91 Å². The van der Waals surface area contributed by atoms with Crippen molar-refractivity contribution < 1.29 is 4.79 Å². The molecule has 0 saturated carbocycles. The van der Waals surface area contributed by atoms with E-state index in [0.29, 0.717) is 18.1 Å². The molecule has 0 aliphatic heterocycles. The lowest BCUT2D eigenvalue weighted by molar-refractivity contribution is 0.102. The van der Waals surface area contributed by atoms with Crippen LogP contribution in [-0.4, -0.2) is 15.9 Å². The van der Waals surface area contributed by atoms with Crippen LogP contribution >= 0.6 is 0 Å². The van der Waals surface area contributed by atoms with Crippen LogP contribution in [-0.2, 0) is 6.54 Å². The van der Waals surface area contributed by atoms with Gasteiger partial charge in [-0.25, -0.2) is 4.98 Å². The van der Waals surface area contributed by atoms with Crippen LogP contribution in [0.25, 0.3) is 21.8 Å². The van der Waals surface area contributed by atoms with Crippen LogP contribution in [0.5, 0.6) is 0 Å². The Kier molecular flexibility index (Phi) is 4.62. The Morgan fingerprint density at radius 1 is 0.833 bits per heavy atom. The van der Waals surface area contributed by atoms with Crippen molar-refractivity contribution in [3.63, 3.8) is 0 Å². The fraction of sp³-hybridized carbons (Fsp3) is 0.0400. The zero-order chi connectivity index (χ0) is 20.3. The van der Waals surface area contributed by atoms with Crippen molar-refractivity contribution in [3.05, 3.63) is 102 Å². The molecule has 0 bridgehead atoms.